The SMILES string of the molecule is O=C(O)c1cccnc1-c1ccccn1.O=C(O)c1cccnc1-c1ccccn1.[Mn]. The molecule has 0 unspecified atom stereocenters. The van der Waals surface area contributed by atoms with Crippen LogP contribution < -0.4 is 0 Å². The van der Waals surface area contributed by atoms with Crippen molar-refractivity contribution in [3.05, 3.63) is 96.6 Å². The summed E-state index contributed by atoms with van der Waals surface area (Å²) < 4.78 is 0. The molecule has 0 saturated carbocycles. The Morgan fingerprint density at radius 3 is 1.26 bits per heavy atom. The predicted molar refractivity (Wildman–Crippen MR) is 109 cm³/mol. The van der Waals surface area contributed by atoms with Crippen LogP contribution in [0.25, 0.3) is 22.8 Å². The zero-order valence-corrected chi connectivity index (χ0v) is 17.1. The summed E-state index contributed by atoms with van der Waals surface area (Å²) in [7, 11) is 0. The molecular weight excluding hydrogens is 439 g/mol. The van der Waals surface area contributed by atoms with Crippen LogP contribution in [-0.2, 0) is 17.1 Å². The smallest absolute Gasteiger partial charge is 0.337 e. The number of rotatable bonds is 4. The Kier molecular flexibility index (Phi) is 8.51. The van der Waals surface area contributed by atoms with Gasteiger partial charge in [0.05, 0.1) is 22.5 Å². The van der Waals surface area contributed by atoms with Gasteiger partial charge in [-0.1, -0.05) is 12.1 Å². The molecule has 9 heteroatoms. The molecule has 31 heavy (non-hydrogen) atoms. The van der Waals surface area contributed by atoms with E-state index in [0.717, 1.165) is 0 Å². The first-order valence-electron chi connectivity index (χ1n) is 8.77. The molecule has 0 bridgehead atoms. The molecule has 4 heterocycles. The summed E-state index contributed by atoms with van der Waals surface area (Å²) in [6, 6.07) is 16.8. The molecule has 8 nitrogen and oxygen atoms in total. The number of carbonyl (C=O) groups is 2. The first-order valence-corrected chi connectivity index (χ1v) is 8.77. The van der Waals surface area contributed by atoms with Crippen LogP contribution in [0.2, 0.25) is 0 Å². The summed E-state index contributed by atoms with van der Waals surface area (Å²) in [5.41, 5.74) is 2.25. The summed E-state index contributed by atoms with van der Waals surface area (Å²) in [6.45, 7) is 0. The Balaban J connectivity index is 0.000000213. The minimum Gasteiger partial charge on any atom is -0.478 e. The zero-order chi connectivity index (χ0) is 21.3. The third kappa shape index (κ3) is 6.02. The fourth-order valence-electron chi connectivity index (χ4n) is 2.57. The first kappa shape index (κ1) is 23.3. The van der Waals surface area contributed by atoms with Gasteiger partial charge in [-0.05, 0) is 48.5 Å². The van der Waals surface area contributed by atoms with Crippen molar-refractivity contribution in [2.24, 2.45) is 0 Å². The van der Waals surface area contributed by atoms with Crippen LogP contribution in [0.5, 0.6) is 0 Å². The summed E-state index contributed by atoms with van der Waals surface area (Å²) in [5.74, 6) is -1.99. The molecule has 0 aliphatic rings. The molecule has 0 amide bonds. The average Bonchev–Trinajstić information content (AvgIpc) is 2.80. The molecule has 4 aromatic heterocycles. The van der Waals surface area contributed by atoms with E-state index < -0.39 is 11.9 Å². The van der Waals surface area contributed by atoms with Gasteiger partial charge in [-0.25, -0.2) is 9.59 Å². The first-order chi connectivity index (χ1) is 14.6. The van der Waals surface area contributed by atoms with E-state index in [1.54, 1.807) is 73.3 Å². The van der Waals surface area contributed by atoms with Crippen molar-refractivity contribution in [2.45, 2.75) is 0 Å². The molecule has 0 saturated heterocycles. The van der Waals surface area contributed by atoms with E-state index in [-0.39, 0.29) is 28.2 Å². The number of hydrogen-bond acceptors (Lipinski definition) is 6. The quantitative estimate of drug-likeness (QED) is 0.447. The van der Waals surface area contributed by atoms with Gasteiger partial charge in [0.2, 0.25) is 0 Å². The average molecular weight is 455 g/mol. The van der Waals surface area contributed by atoms with Crippen LogP contribution in [0.4, 0.5) is 0 Å². The molecule has 0 aliphatic carbocycles. The van der Waals surface area contributed by atoms with Crippen molar-refractivity contribution in [3.63, 3.8) is 0 Å². The molecule has 1 radical (unpaired) electrons. The maximum atomic E-state index is 10.9. The Morgan fingerprint density at radius 2 is 0.935 bits per heavy atom. The summed E-state index contributed by atoms with van der Waals surface area (Å²) >= 11 is 0. The van der Waals surface area contributed by atoms with Gasteiger partial charge in [-0.2, -0.15) is 0 Å². The van der Waals surface area contributed by atoms with Crippen molar-refractivity contribution < 1.29 is 36.9 Å². The van der Waals surface area contributed by atoms with Crippen LogP contribution in [0, 0.1) is 0 Å². The van der Waals surface area contributed by atoms with E-state index in [9.17, 15) is 9.59 Å². The molecular formula is C22H16MnN4O4. The number of aromatic nitrogens is 4. The molecule has 155 valence electrons. The van der Waals surface area contributed by atoms with E-state index in [4.69, 9.17) is 10.2 Å². The number of aromatic carboxylic acids is 2. The van der Waals surface area contributed by atoms with Gasteiger partial charge in [0.15, 0.2) is 0 Å². The van der Waals surface area contributed by atoms with E-state index in [2.05, 4.69) is 19.9 Å². The Morgan fingerprint density at radius 1 is 0.548 bits per heavy atom. The fraction of sp³-hybridized carbons (Fsp3) is 0. The molecule has 0 atom stereocenters. The van der Waals surface area contributed by atoms with Crippen molar-refractivity contribution in [1.29, 1.82) is 0 Å². The molecule has 4 aromatic rings. The summed E-state index contributed by atoms with van der Waals surface area (Å²) in [6.07, 6.45) is 6.32. The third-order valence-corrected chi connectivity index (χ3v) is 3.89. The molecule has 2 N–H and O–H groups in total. The molecule has 4 rings (SSSR count). The minimum absolute atomic E-state index is 0. The summed E-state index contributed by atoms with van der Waals surface area (Å²) in [4.78, 5) is 38.0. The van der Waals surface area contributed by atoms with E-state index in [1.807, 2.05) is 0 Å². The number of carboxylic acids is 2. The normalized spacial score (nSPS) is 9.55. The van der Waals surface area contributed by atoms with Gasteiger partial charge in [0.1, 0.15) is 11.4 Å². The maximum Gasteiger partial charge on any atom is 0.337 e. The van der Waals surface area contributed by atoms with E-state index in [0.29, 0.717) is 22.8 Å². The second-order valence-corrected chi connectivity index (χ2v) is 5.84. The molecule has 0 aliphatic heterocycles. The number of nitrogens with zero attached hydrogens (tertiary/aromatic N) is 4. The Hall–Kier alpha value is -3.94. The number of pyridine rings is 4. The van der Waals surface area contributed by atoms with Crippen LogP contribution in [0.15, 0.2) is 85.5 Å². The largest absolute Gasteiger partial charge is 0.478 e. The molecule has 0 fully saturated rings. The van der Waals surface area contributed by atoms with Crippen LogP contribution in [0.3, 0.4) is 0 Å². The van der Waals surface area contributed by atoms with E-state index in [1.165, 1.54) is 12.1 Å². The maximum absolute atomic E-state index is 10.9. The monoisotopic (exact) mass is 455 g/mol. The van der Waals surface area contributed by atoms with Crippen molar-refractivity contribution in [3.8, 4) is 22.8 Å². The minimum atomic E-state index is -0.997. The standard InChI is InChI=1S/2C11H8N2O2.Mn/c2*14-11(15)8-4-3-7-13-10(8)9-5-1-2-6-12-9;/h2*1-7H,(H,14,15);. The third-order valence-electron chi connectivity index (χ3n) is 3.89. The van der Waals surface area contributed by atoms with Crippen molar-refractivity contribution in [1.82, 2.24) is 19.9 Å². The van der Waals surface area contributed by atoms with Crippen LogP contribution in [0.1, 0.15) is 20.7 Å². The van der Waals surface area contributed by atoms with Gasteiger partial charge in [0, 0.05) is 41.9 Å². The Bertz CT molecular complexity index is 1070. The van der Waals surface area contributed by atoms with Crippen LogP contribution >= 0.6 is 0 Å². The van der Waals surface area contributed by atoms with Gasteiger partial charge in [-0.3, -0.25) is 19.9 Å². The van der Waals surface area contributed by atoms with Gasteiger partial charge in [0.25, 0.3) is 0 Å². The van der Waals surface area contributed by atoms with Gasteiger partial charge < -0.3 is 10.2 Å². The van der Waals surface area contributed by atoms with Crippen LogP contribution in [-0.4, -0.2) is 42.1 Å². The number of hydrogen-bond donors (Lipinski definition) is 2. The zero-order valence-electron chi connectivity index (χ0n) is 16.0. The second-order valence-electron chi connectivity index (χ2n) is 5.84. The predicted octanol–water partition coefficient (Wildman–Crippen LogP) is 3.68. The molecule has 0 spiro atoms. The fourth-order valence-corrected chi connectivity index (χ4v) is 2.57. The summed E-state index contributed by atoms with van der Waals surface area (Å²) in [5, 5.41) is 17.9. The van der Waals surface area contributed by atoms with Gasteiger partial charge >= 0.3 is 11.9 Å². The second kappa shape index (κ2) is 11.3. The Labute approximate surface area is 188 Å². The van der Waals surface area contributed by atoms with Crippen molar-refractivity contribution in [2.75, 3.05) is 0 Å². The molecule has 0 aromatic carbocycles. The van der Waals surface area contributed by atoms with Gasteiger partial charge in [-0.15, -0.1) is 0 Å². The number of carboxylic acid groups (broad SMARTS) is 2. The topological polar surface area (TPSA) is 126 Å². The van der Waals surface area contributed by atoms with Crippen molar-refractivity contribution >= 4 is 11.9 Å². The van der Waals surface area contributed by atoms with E-state index >= 15 is 0 Å².